The third-order valence-corrected chi connectivity index (χ3v) is 2.64. The molecular weight excluding hydrogens is 315 g/mol. The van der Waals surface area contributed by atoms with E-state index in [1.165, 1.54) is 18.4 Å². The summed E-state index contributed by atoms with van der Waals surface area (Å²) < 4.78 is 0. The Bertz CT molecular complexity index is 209. The second-order valence-electron chi connectivity index (χ2n) is 3.16. The number of allylic oxidation sites excluding steroid dienone is 4. The molecule has 0 spiro atoms. The first-order valence-corrected chi connectivity index (χ1v) is 4.02. The van der Waals surface area contributed by atoms with E-state index in [-0.39, 0.29) is 21.1 Å². The van der Waals surface area contributed by atoms with Crippen molar-refractivity contribution >= 4 is 0 Å². The summed E-state index contributed by atoms with van der Waals surface area (Å²) in [5.74, 6) is 0. The van der Waals surface area contributed by atoms with Crippen molar-refractivity contribution < 1.29 is 21.1 Å². The van der Waals surface area contributed by atoms with E-state index in [1.807, 2.05) is 0 Å². The SMILES string of the molecule is CCC1=C(C)C(C)=C(C)C1.[Pt]. The third-order valence-electron chi connectivity index (χ3n) is 2.64. The van der Waals surface area contributed by atoms with Crippen LogP contribution < -0.4 is 0 Å². The predicted molar refractivity (Wildman–Crippen MR) is 46.0 cm³/mol. The van der Waals surface area contributed by atoms with Gasteiger partial charge < -0.3 is 0 Å². The second kappa shape index (κ2) is 4.26. The summed E-state index contributed by atoms with van der Waals surface area (Å²) in [6.07, 6.45) is 2.45. The van der Waals surface area contributed by atoms with Crippen LogP contribution in [0.25, 0.3) is 0 Å². The van der Waals surface area contributed by atoms with Crippen molar-refractivity contribution in [2.45, 2.75) is 40.5 Å². The molecule has 1 aliphatic rings. The molecule has 0 aromatic rings. The number of rotatable bonds is 1. The summed E-state index contributed by atoms with van der Waals surface area (Å²) in [7, 11) is 0. The summed E-state index contributed by atoms with van der Waals surface area (Å²) in [4.78, 5) is 0. The van der Waals surface area contributed by atoms with Gasteiger partial charge in [0.2, 0.25) is 0 Å². The first-order chi connectivity index (χ1) is 4.66. The molecule has 0 nitrogen and oxygen atoms in total. The van der Waals surface area contributed by atoms with Gasteiger partial charge in [0.25, 0.3) is 0 Å². The van der Waals surface area contributed by atoms with Crippen LogP contribution in [-0.2, 0) is 21.1 Å². The second-order valence-corrected chi connectivity index (χ2v) is 3.16. The van der Waals surface area contributed by atoms with Crippen molar-refractivity contribution in [3.05, 3.63) is 22.3 Å². The third kappa shape index (κ3) is 2.06. The van der Waals surface area contributed by atoms with Crippen LogP contribution >= 0.6 is 0 Å². The smallest absolute Gasteiger partial charge is 0 e. The normalized spacial score (nSPS) is 17.5. The Hall–Kier alpha value is 0.168. The quantitative estimate of drug-likeness (QED) is 0.690. The molecule has 0 unspecified atom stereocenters. The number of hydrogen-bond acceptors (Lipinski definition) is 0. The monoisotopic (exact) mass is 331 g/mol. The van der Waals surface area contributed by atoms with Crippen molar-refractivity contribution in [2.75, 3.05) is 0 Å². The zero-order valence-electron chi connectivity index (χ0n) is 7.73. The molecule has 0 N–H and O–H groups in total. The molecule has 66 valence electrons. The summed E-state index contributed by atoms with van der Waals surface area (Å²) in [6, 6.07) is 0. The number of hydrogen-bond donors (Lipinski definition) is 0. The molecule has 0 aromatic carbocycles. The minimum atomic E-state index is 0. The molecule has 0 atom stereocenters. The van der Waals surface area contributed by atoms with Gasteiger partial charge in [-0.25, -0.2) is 0 Å². The first kappa shape index (κ1) is 11.2. The molecule has 1 aliphatic carbocycles. The fraction of sp³-hybridized carbons (Fsp3) is 0.600. The Morgan fingerprint density at radius 1 is 1.09 bits per heavy atom. The van der Waals surface area contributed by atoms with Crippen LogP contribution in [0.5, 0.6) is 0 Å². The van der Waals surface area contributed by atoms with Gasteiger partial charge in [-0.05, 0) is 44.8 Å². The summed E-state index contributed by atoms with van der Waals surface area (Å²) in [5.41, 5.74) is 6.26. The standard InChI is InChI=1S/C10H16.Pt/c1-5-10-6-7(2)8(3)9(10)4;/h5-6H2,1-4H3;. The summed E-state index contributed by atoms with van der Waals surface area (Å²) in [6.45, 7) is 8.95. The van der Waals surface area contributed by atoms with Gasteiger partial charge in [-0.15, -0.1) is 0 Å². The molecule has 0 saturated carbocycles. The zero-order chi connectivity index (χ0) is 7.72. The minimum absolute atomic E-state index is 0. The Balaban J connectivity index is 0.000001000. The van der Waals surface area contributed by atoms with Gasteiger partial charge in [-0.1, -0.05) is 18.1 Å². The molecule has 0 aliphatic heterocycles. The van der Waals surface area contributed by atoms with Gasteiger partial charge >= 0.3 is 0 Å². The van der Waals surface area contributed by atoms with Gasteiger partial charge in [0.1, 0.15) is 0 Å². The molecule has 1 rings (SSSR count). The largest absolute Gasteiger partial charge is 0.0661 e. The van der Waals surface area contributed by atoms with Crippen LogP contribution in [0.3, 0.4) is 0 Å². The van der Waals surface area contributed by atoms with E-state index in [2.05, 4.69) is 27.7 Å². The van der Waals surface area contributed by atoms with Crippen LogP contribution in [-0.4, -0.2) is 0 Å². The Kier molecular flexibility index (Phi) is 4.32. The minimum Gasteiger partial charge on any atom is -0.0661 e. The Labute approximate surface area is 84.0 Å². The molecule has 1 heteroatoms. The molecule has 0 heterocycles. The molecule has 0 fully saturated rings. The zero-order valence-corrected chi connectivity index (χ0v) is 10.0. The van der Waals surface area contributed by atoms with Crippen LogP contribution in [0.15, 0.2) is 22.3 Å². The van der Waals surface area contributed by atoms with Crippen LogP contribution in [0.4, 0.5) is 0 Å². The van der Waals surface area contributed by atoms with E-state index in [4.69, 9.17) is 0 Å². The molecular formula is C10H16Pt. The Morgan fingerprint density at radius 3 is 1.82 bits per heavy atom. The van der Waals surface area contributed by atoms with Crippen LogP contribution in [0.2, 0.25) is 0 Å². The molecule has 0 radical (unpaired) electrons. The fourth-order valence-electron chi connectivity index (χ4n) is 1.56. The van der Waals surface area contributed by atoms with Crippen molar-refractivity contribution in [1.29, 1.82) is 0 Å². The van der Waals surface area contributed by atoms with Crippen LogP contribution in [0.1, 0.15) is 40.5 Å². The summed E-state index contributed by atoms with van der Waals surface area (Å²) >= 11 is 0. The molecule has 0 bridgehead atoms. The molecule has 0 amide bonds. The van der Waals surface area contributed by atoms with E-state index in [1.54, 1.807) is 16.7 Å². The van der Waals surface area contributed by atoms with Crippen molar-refractivity contribution in [2.24, 2.45) is 0 Å². The van der Waals surface area contributed by atoms with Gasteiger partial charge in [-0.2, -0.15) is 0 Å². The maximum atomic E-state index is 2.24. The van der Waals surface area contributed by atoms with Crippen molar-refractivity contribution in [1.82, 2.24) is 0 Å². The maximum absolute atomic E-state index is 2.24. The van der Waals surface area contributed by atoms with Crippen molar-refractivity contribution in [3.63, 3.8) is 0 Å². The van der Waals surface area contributed by atoms with E-state index < -0.39 is 0 Å². The maximum Gasteiger partial charge on any atom is 0 e. The average molecular weight is 331 g/mol. The van der Waals surface area contributed by atoms with Gasteiger partial charge in [0, 0.05) is 21.1 Å². The molecule has 0 aromatic heterocycles. The van der Waals surface area contributed by atoms with Gasteiger partial charge in [0.05, 0.1) is 0 Å². The predicted octanol–water partition coefficient (Wildman–Crippen LogP) is 3.45. The van der Waals surface area contributed by atoms with E-state index in [0.29, 0.717) is 0 Å². The molecule has 0 saturated heterocycles. The van der Waals surface area contributed by atoms with Gasteiger partial charge in [-0.3, -0.25) is 0 Å². The van der Waals surface area contributed by atoms with Crippen molar-refractivity contribution in [3.8, 4) is 0 Å². The van der Waals surface area contributed by atoms with Crippen LogP contribution in [0, 0.1) is 0 Å². The first-order valence-electron chi connectivity index (χ1n) is 4.02. The molecule has 11 heavy (non-hydrogen) atoms. The van der Waals surface area contributed by atoms with E-state index in [0.717, 1.165) is 0 Å². The average Bonchev–Trinajstić information content (AvgIpc) is 2.17. The van der Waals surface area contributed by atoms with Gasteiger partial charge in [0.15, 0.2) is 0 Å². The van der Waals surface area contributed by atoms with E-state index in [9.17, 15) is 0 Å². The fourth-order valence-corrected chi connectivity index (χ4v) is 1.56. The van der Waals surface area contributed by atoms with E-state index >= 15 is 0 Å². The topological polar surface area (TPSA) is 0 Å². The Morgan fingerprint density at radius 2 is 1.64 bits per heavy atom. The summed E-state index contributed by atoms with van der Waals surface area (Å²) in [5, 5.41) is 0.